The van der Waals surface area contributed by atoms with Crippen LogP contribution in [-0.2, 0) is 9.53 Å². The lowest BCUT2D eigenvalue weighted by Gasteiger charge is -2.21. The molecular formula is C11H15N3O4. The zero-order valence-corrected chi connectivity index (χ0v) is 10.4. The molecule has 0 aromatic carbocycles. The molecule has 1 aliphatic heterocycles. The maximum Gasteiger partial charge on any atom is 0.328 e. The fourth-order valence-corrected chi connectivity index (χ4v) is 2.01. The normalized spacial score (nSPS) is 19.0. The molecule has 0 bridgehead atoms. The Morgan fingerprint density at radius 1 is 1.56 bits per heavy atom. The first-order valence-electron chi connectivity index (χ1n) is 5.91. The molecule has 0 N–H and O–H groups in total. The Bertz CT molecular complexity index is 457. The van der Waals surface area contributed by atoms with Crippen LogP contribution in [0.4, 0.5) is 0 Å². The highest BCUT2D eigenvalue weighted by Gasteiger charge is 2.37. The van der Waals surface area contributed by atoms with E-state index in [1.165, 1.54) is 4.90 Å². The van der Waals surface area contributed by atoms with E-state index in [0.717, 1.165) is 6.42 Å². The second-order valence-corrected chi connectivity index (χ2v) is 4.05. The van der Waals surface area contributed by atoms with Crippen LogP contribution in [-0.4, -0.2) is 46.1 Å². The molecule has 7 nitrogen and oxygen atoms in total. The van der Waals surface area contributed by atoms with Gasteiger partial charge < -0.3 is 14.2 Å². The van der Waals surface area contributed by atoms with Crippen LogP contribution in [0.15, 0.2) is 4.52 Å². The highest BCUT2D eigenvalue weighted by Crippen LogP contribution is 2.20. The summed E-state index contributed by atoms with van der Waals surface area (Å²) in [4.78, 5) is 29.1. The van der Waals surface area contributed by atoms with Crippen LogP contribution >= 0.6 is 0 Å². The summed E-state index contributed by atoms with van der Waals surface area (Å²) in [5.74, 6) is -0.445. The van der Waals surface area contributed by atoms with Crippen molar-refractivity contribution in [2.24, 2.45) is 0 Å². The molecule has 1 aromatic rings. The fourth-order valence-electron chi connectivity index (χ4n) is 2.01. The Balaban J connectivity index is 2.11. The summed E-state index contributed by atoms with van der Waals surface area (Å²) in [6.45, 7) is 4.16. The van der Waals surface area contributed by atoms with Crippen molar-refractivity contribution >= 4 is 11.9 Å². The van der Waals surface area contributed by atoms with Crippen LogP contribution in [0.3, 0.4) is 0 Å². The van der Waals surface area contributed by atoms with Gasteiger partial charge in [0.1, 0.15) is 6.04 Å². The van der Waals surface area contributed by atoms with Crippen LogP contribution in [0.1, 0.15) is 36.3 Å². The molecule has 0 spiro atoms. The number of likely N-dealkylation sites (tertiary alicyclic amines) is 1. The predicted molar refractivity (Wildman–Crippen MR) is 59.7 cm³/mol. The number of carbonyl (C=O) groups excluding carboxylic acids is 2. The van der Waals surface area contributed by atoms with Crippen molar-refractivity contribution in [2.45, 2.75) is 32.7 Å². The summed E-state index contributed by atoms with van der Waals surface area (Å²) >= 11 is 0. The summed E-state index contributed by atoms with van der Waals surface area (Å²) in [6.07, 6.45) is 1.38. The van der Waals surface area contributed by atoms with E-state index in [-0.39, 0.29) is 17.7 Å². The van der Waals surface area contributed by atoms with Gasteiger partial charge in [0.05, 0.1) is 6.61 Å². The molecule has 0 radical (unpaired) electrons. The number of amides is 1. The minimum Gasteiger partial charge on any atom is -0.464 e. The first-order chi connectivity index (χ1) is 8.63. The van der Waals surface area contributed by atoms with E-state index >= 15 is 0 Å². The van der Waals surface area contributed by atoms with Crippen molar-refractivity contribution in [2.75, 3.05) is 13.2 Å². The summed E-state index contributed by atoms with van der Waals surface area (Å²) in [5, 5.41) is 3.57. The van der Waals surface area contributed by atoms with Crippen molar-refractivity contribution in [3.63, 3.8) is 0 Å². The summed E-state index contributed by atoms with van der Waals surface area (Å²) in [7, 11) is 0. The second kappa shape index (κ2) is 5.16. The Hall–Kier alpha value is -1.92. The van der Waals surface area contributed by atoms with Gasteiger partial charge in [-0.3, -0.25) is 4.79 Å². The quantitative estimate of drug-likeness (QED) is 0.731. The number of aromatic nitrogens is 2. The van der Waals surface area contributed by atoms with E-state index in [0.29, 0.717) is 25.5 Å². The second-order valence-electron chi connectivity index (χ2n) is 4.05. The molecular weight excluding hydrogens is 238 g/mol. The molecule has 18 heavy (non-hydrogen) atoms. The van der Waals surface area contributed by atoms with Gasteiger partial charge in [0.25, 0.3) is 11.7 Å². The third-order valence-corrected chi connectivity index (χ3v) is 2.79. The number of esters is 1. The maximum absolute atomic E-state index is 12.1. The molecule has 1 saturated heterocycles. The maximum atomic E-state index is 12.1. The van der Waals surface area contributed by atoms with E-state index in [1.807, 2.05) is 0 Å². The number of hydrogen-bond acceptors (Lipinski definition) is 6. The molecule has 2 heterocycles. The van der Waals surface area contributed by atoms with Gasteiger partial charge in [-0.1, -0.05) is 5.16 Å². The Labute approximate surface area is 104 Å². The molecule has 1 fully saturated rings. The van der Waals surface area contributed by atoms with E-state index < -0.39 is 6.04 Å². The molecule has 7 heteroatoms. The third kappa shape index (κ3) is 2.34. The highest BCUT2D eigenvalue weighted by molar-refractivity contribution is 5.94. The first-order valence-corrected chi connectivity index (χ1v) is 5.91. The molecule has 1 unspecified atom stereocenters. The Kier molecular flexibility index (Phi) is 3.59. The summed E-state index contributed by atoms with van der Waals surface area (Å²) < 4.78 is 9.71. The van der Waals surface area contributed by atoms with Gasteiger partial charge >= 0.3 is 5.97 Å². The molecule has 1 atom stereocenters. The first kappa shape index (κ1) is 12.5. The predicted octanol–water partition coefficient (Wildman–Crippen LogP) is 0.546. The third-order valence-electron chi connectivity index (χ3n) is 2.79. The number of ether oxygens (including phenoxy) is 1. The Morgan fingerprint density at radius 3 is 2.94 bits per heavy atom. The average Bonchev–Trinajstić information content (AvgIpc) is 2.96. The number of nitrogens with zero attached hydrogens (tertiary/aromatic N) is 3. The van der Waals surface area contributed by atoms with Gasteiger partial charge in [-0.2, -0.15) is 4.98 Å². The minimum atomic E-state index is -0.531. The van der Waals surface area contributed by atoms with E-state index in [9.17, 15) is 9.59 Å². The zero-order valence-electron chi connectivity index (χ0n) is 10.4. The van der Waals surface area contributed by atoms with Crippen LogP contribution in [0.5, 0.6) is 0 Å². The summed E-state index contributed by atoms with van der Waals surface area (Å²) in [5.41, 5.74) is 0. The zero-order chi connectivity index (χ0) is 13.1. The molecule has 1 aromatic heterocycles. The van der Waals surface area contributed by atoms with Crippen molar-refractivity contribution in [3.8, 4) is 0 Å². The standard InChI is InChI=1S/C11H15N3O4/c1-3-17-11(16)8-5-4-6-14(8)10(15)9-12-7(2)18-13-9/h8H,3-6H2,1-2H3. The van der Waals surface area contributed by atoms with Crippen LogP contribution < -0.4 is 0 Å². The van der Waals surface area contributed by atoms with Gasteiger partial charge in [-0.15, -0.1) is 0 Å². The fraction of sp³-hybridized carbons (Fsp3) is 0.636. The van der Waals surface area contributed by atoms with Gasteiger partial charge in [-0.05, 0) is 19.8 Å². The molecule has 0 saturated carbocycles. The molecule has 0 aliphatic carbocycles. The van der Waals surface area contributed by atoms with Crippen LogP contribution in [0.2, 0.25) is 0 Å². The van der Waals surface area contributed by atoms with Crippen molar-refractivity contribution in [3.05, 3.63) is 11.7 Å². The van der Waals surface area contributed by atoms with E-state index in [4.69, 9.17) is 9.26 Å². The lowest BCUT2D eigenvalue weighted by atomic mass is 10.2. The van der Waals surface area contributed by atoms with Crippen LogP contribution in [0.25, 0.3) is 0 Å². The van der Waals surface area contributed by atoms with E-state index in [2.05, 4.69) is 10.1 Å². The van der Waals surface area contributed by atoms with Crippen LogP contribution in [0, 0.1) is 6.92 Å². The van der Waals surface area contributed by atoms with E-state index in [1.54, 1.807) is 13.8 Å². The summed E-state index contributed by atoms with van der Waals surface area (Å²) in [6, 6.07) is -0.531. The van der Waals surface area contributed by atoms with Gasteiger partial charge in [0, 0.05) is 13.5 Å². The van der Waals surface area contributed by atoms with Gasteiger partial charge in [0.15, 0.2) is 0 Å². The number of aryl methyl sites for hydroxylation is 1. The Morgan fingerprint density at radius 2 is 2.33 bits per heavy atom. The average molecular weight is 253 g/mol. The molecule has 98 valence electrons. The lowest BCUT2D eigenvalue weighted by molar-refractivity contribution is -0.147. The molecule has 1 aliphatic rings. The van der Waals surface area contributed by atoms with Crippen molar-refractivity contribution in [1.29, 1.82) is 0 Å². The minimum absolute atomic E-state index is 0.0105. The van der Waals surface area contributed by atoms with Gasteiger partial charge in [0.2, 0.25) is 5.89 Å². The highest BCUT2D eigenvalue weighted by atomic mass is 16.5. The number of carbonyl (C=O) groups is 2. The number of rotatable bonds is 3. The smallest absolute Gasteiger partial charge is 0.328 e. The van der Waals surface area contributed by atoms with Gasteiger partial charge in [-0.25, -0.2) is 4.79 Å². The van der Waals surface area contributed by atoms with Crippen molar-refractivity contribution < 1.29 is 18.8 Å². The molecule has 2 rings (SSSR count). The number of hydrogen-bond donors (Lipinski definition) is 0. The molecule has 1 amide bonds. The topological polar surface area (TPSA) is 85.5 Å². The van der Waals surface area contributed by atoms with Crippen molar-refractivity contribution in [1.82, 2.24) is 15.0 Å². The SMILES string of the molecule is CCOC(=O)C1CCCN1C(=O)c1noc(C)n1. The lowest BCUT2D eigenvalue weighted by Crippen LogP contribution is -2.41. The largest absolute Gasteiger partial charge is 0.464 e. The monoisotopic (exact) mass is 253 g/mol.